The summed E-state index contributed by atoms with van der Waals surface area (Å²) in [6.45, 7) is 6.01. The molecule has 0 saturated carbocycles. The number of furan rings is 1. The van der Waals surface area contributed by atoms with Gasteiger partial charge in [-0.25, -0.2) is 8.42 Å². The van der Waals surface area contributed by atoms with E-state index in [1.807, 2.05) is 32.9 Å². The molecule has 1 N–H and O–H groups in total. The maximum absolute atomic E-state index is 12.6. The lowest BCUT2D eigenvalue weighted by Gasteiger charge is -2.16. The van der Waals surface area contributed by atoms with Gasteiger partial charge in [-0.1, -0.05) is 6.07 Å². The Labute approximate surface area is 171 Å². The van der Waals surface area contributed by atoms with E-state index in [9.17, 15) is 13.2 Å². The van der Waals surface area contributed by atoms with Crippen LogP contribution in [0.1, 0.15) is 33.0 Å². The van der Waals surface area contributed by atoms with Gasteiger partial charge in [0.05, 0.1) is 11.4 Å². The molecular weight excluding hydrogens is 388 g/mol. The summed E-state index contributed by atoms with van der Waals surface area (Å²) in [6, 6.07) is 15.0. The zero-order chi connectivity index (χ0) is 21.2. The largest absolute Gasteiger partial charge is 0.464 e. The van der Waals surface area contributed by atoms with E-state index in [0.717, 1.165) is 16.9 Å². The van der Waals surface area contributed by atoms with E-state index < -0.39 is 10.0 Å². The first kappa shape index (κ1) is 20.7. The van der Waals surface area contributed by atoms with Crippen molar-refractivity contribution in [2.45, 2.75) is 32.2 Å². The number of hydrogen-bond acceptors (Lipinski definition) is 4. The van der Waals surface area contributed by atoms with Crippen molar-refractivity contribution in [1.29, 1.82) is 0 Å². The van der Waals surface area contributed by atoms with E-state index in [1.165, 1.54) is 0 Å². The fraction of sp³-hybridized carbons (Fsp3) is 0.227. The Balaban J connectivity index is 1.70. The minimum atomic E-state index is -3.70. The first-order valence-corrected chi connectivity index (χ1v) is 10.6. The Bertz CT molecular complexity index is 1130. The number of carbonyl (C=O) groups excluding carboxylic acids is 1. The van der Waals surface area contributed by atoms with Gasteiger partial charge < -0.3 is 9.32 Å². The van der Waals surface area contributed by atoms with Crippen molar-refractivity contribution in [2.24, 2.45) is 0 Å². The molecule has 3 aromatic rings. The van der Waals surface area contributed by atoms with Crippen molar-refractivity contribution in [1.82, 2.24) is 4.90 Å². The Morgan fingerprint density at radius 3 is 2.24 bits per heavy atom. The monoisotopic (exact) mass is 412 g/mol. The SMILES string of the molecule is Cc1ccc(CN(C)C(=O)c2ccc(NS(=O)(=O)c3ccc(C)c(C)c3)cc2)o1. The molecule has 6 nitrogen and oxygen atoms in total. The Morgan fingerprint density at radius 2 is 1.66 bits per heavy atom. The second kappa shape index (κ2) is 8.13. The van der Waals surface area contributed by atoms with Crippen LogP contribution in [-0.2, 0) is 16.6 Å². The van der Waals surface area contributed by atoms with Crippen molar-refractivity contribution in [3.8, 4) is 0 Å². The topological polar surface area (TPSA) is 79.6 Å². The molecule has 0 unspecified atom stereocenters. The van der Waals surface area contributed by atoms with Gasteiger partial charge in [0, 0.05) is 18.3 Å². The molecule has 0 saturated heterocycles. The summed E-state index contributed by atoms with van der Waals surface area (Å²) in [7, 11) is -2.01. The average molecular weight is 413 g/mol. The Kier molecular flexibility index (Phi) is 5.79. The van der Waals surface area contributed by atoms with Gasteiger partial charge in [0.1, 0.15) is 11.5 Å². The van der Waals surface area contributed by atoms with Gasteiger partial charge in [-0.05, 0) is 80.4 Å². The number of benzene rings is 2. The second-order valence-electron chi connectivity index (χ2n) is 7.10. The highest BCUT2D eigenvalue weighted by Gasteiger charge is 2.17. The molecule has 0 aliphatic heterocycles. The molecule has 1 aromatic heterocycles. The first-order chi connectivity index (χ1) is 13.7. The zero-order valence-electron chi connectivity index (χ0n) is 16.9. The Hall–Kier alpha value is -3.06. The molecular formula is C22H24N2O4S. The van der Waals surface area contributed by atoms with Gasteiger partial charge in [-0.3, -0.25) is 9.52 Å². The lowest BCUT2D eigenvalue weighted by atomic mass is 10.1. The highest BCUT2D eigenvalue weighted by molar-refractivity contribution is 7.92. The summed E-state index contributed by atoms with van der Waals surface area (Å²) in [4.78, 5) is 14.3. The van der Waals surface area contributed by atoms with E-state index in [1.54, 1.807) is 54.4 Å². The lowest BCUT2D eigenvalue weighted by Crippen LogP contribution is -2.26. The fourth-order valence-electron chi connectivity index (χ4n) is 2.87. The van der Waals surface area contributed by atoms with Crippen LogP contribution in [0.3, 0.4) is 0 Å². The van der Waals surface area contributed by atoms with Crippen LogP contribution in [0.2, 0.25) is 0 Å². The van der Waals surface area contributed by atoms with Gasteiger partial charge >= 0.3 is 0 Å². The molecule has 0 radical (unpaired) electrons. The van der Waals surface area contributed by atoms with Crippen LogP contribution in [0.25, 0.3) is 0 Å². The molecule has 152 valence electrons. The van der Waals surface area contributed by atoms with E-state index in [2.05, 4.69) is 4.72 Å². The number of aryl methyl sites for hydroxylation is 3. The number of nitrogens with zero attached hydrogens (tertiary/aromatic N) is 1. The van der Waals surface area contributed by atoms with Crippen molar-refractivity contribution >= 4 is 21.6 Å². The van der Waals surface area contributed by atoms with Crippen molar-refractivity contribution in [3.63, 3.8) is 0 Å². The van der Waals surface area contributed by atoms with Gasteiger partial charge in [-0.2, -0.15) is 0 Å². The summed E-state index contributed by atoms with van der Waals surface area (Å²) in [5.74, 6) is 1.32. The van der Waals surface area contributed by atoms with E-state index in [0.29, 0.717) is 23.6 Å². The number of sulfonamides is 1. The van der Waals surface area contributed by atoms with Crippen LogP contribution in [0.4, 0.5) is 5.69 Å². The van der Waals surface area contributed by atoms with Gasteiger partial charge in [-0.15, -0.1) is 0 Å². The molecule has 1 heterocycles. The molecule has 0 aliphatic rings. The van der Waals surface area contributed by atoms with Crippen LogP contribution in [0.5, 0.6) is 0 Å². The molecule has 1 amide bonds. The zero-order valence-corrected chi connectivity index (χ0v) is 17.7. The fourth-order valence-corrected chi connectivity index (χ4v) is 4.02. The number of nitrogens with one attached hydrogen (secondary N) is 1. The molecule has 0 fully saturated rings. The summed E-state index contributed by atoms with van der Waals surface area (Å²) >= 11 is 0. The molecule has 0 atom stereocenters. The summed E-state index contributed by atoms with van der Waals surface area (Å²) in [5, 5.41) is 0. The van der Waals surface area contributed by atoms with Gasteiger partial charge in [0.25, 0.3) is 15.9 Å². The van der Waals surface area contributed by atoms with E-state index >= 15 is 0 Å². The van der Waals surface area contributed by atoms with Crippen molar-refractivity contribution in [2.75, 3.05) is 11.8 Å². The number of rotatable bonds is 6. The normalized spacial score (nSPS) is 11.3. The second-order valence-corrected chi connectivity index (χ2v) is 8.78. The Morgan fingerprint density at radius 1 is 0.966 bits per heavy atom. The summed E-state index contributed by atoms with van der Waals surface area (Å²) in [5.41, 5.74) is 2.79. The third kappa shape index (κ3) is 4.86. The van der Waals surface area contributed by atoms with Crippen LogP contribution in [-0.4, -0.2) is 26.3 Å². The molecule has 0 aliphatic carbocycles. The predicted octanol–water partition coefficient (Wildman–Crippen LogP) is 4.28. The van der Waals surface area contributed by atoms with Crippen molar-refractivity contribution in [3.05, 3.63) is 82.8 Å². The molecule has 2 aromatic carbocycles. The number of amides is 1. The maximum atomic E-state index is 12.6. The van der Waals surface area contributed by atoms with Crippen LogP contribution < -0.4 is 4.72 Å². The minimum Gasteiger partial charge on any atom is -0.464 e. The standard InChI is InChI=1S/C22H24N2O4S/c1-15-5-12-21(13-16(15)2)29(26,27)23-19-9-7-18(8-10-19)22(25)24(4)14-20-11-6-17(3)28-20/h5-13,23H,14H2,1-4H3. The molecule has 3 rings (SSSR count). The highest BCUT2D eigenvalue weighted by Crippen LogP contribution is 2.20. The minimum absolute atomic E-state index is 0.178. The quantitative estimate of drug-likeness (QED) is 0.655. The number of hydrogen-bond donors (Lipinski definition) is 1. The van der Waals surface area contributed by atoms with Crippen LogP contribution >= 0.6 is 0 Å². The molecule has 0 spiro atoms. The average Bonchev–Trinajstić information content (AvgIpc) is 3.08. The highest BCUT2D eigenvalue weighted by atomic mass is 32.2. The van der Waals surface area contributed by atoms with Gasteiger partial charge in [0.15, 0.2) is 0 Å². The van der Waals surface area contributed by atoms with Crippen molar-refractivity contribution < 1.29 is 17.6 Å². The van der Waals surface area contributed by atoms with Gasteiger partial charge in [0.2, 0.25) is 0 Å². The lowest BCUT2D eigenvalue weighted by molar-refractivity contribution is 0.0775. The summed E-state index contributed by atoms with van der Waals surface area (Å²) < 4.78 is 33.3. The number of carbonyl (C=O) groups is 1. The molecule has 29 heavy (non-hydrogen) atoms. The van der Waals surface area contributed by atoms with Crippen LogP contribution in [0.15, 0.2) is 63.9 Å². The molecule has 7 heteroatoms. The molecule has 0 bridgehead atoms. The van der Waals surface area contributed by atoms with Crippen LogP contribution in [0, 0.1) is 20.8 Å². The first-order valence-electron chi connectivity index (χ1n) is 9.16. The third-order valence-corrected chi connectivity index (χ3v) is 6.09. The smallest absolute Gasteiger partial charge is 0.261 e. The summed E-state index contributed by atoms with van der Waals surface area (Å²) in [6.07, 6.45) is 0. The number of anilines is 1. The maximum Gasteiger partial charge on any atom is 0.261 e. The van der Waals surface area contributed by atoms with E-state index in [4.69, 9.17) is 4.42 Å². The predicted molar refractivity (Wildman–Crippen MR) is 112 cm³/mol. The third-order valence-electron chi connectivity index (χ3n) is 4.71. The van der Waals surface area contributed by atoms with E-state index in [-0.39, 0.29) is 10.8 Å².